The van der Waals surface area contributed by atoms with E-state index in [1.807, 2.05) is 53.5 Å². The fourth-order valence-corrected chi connectivity index (χ4v) is 2.01. The molecule has 0 bridgehead atoms. The van der Waals surface area contributed by atoms with Crippen LogP contribution in [0.25, 0.3) is 0 Å². The minimum Gasteiger partial charge on any atom is -0.283 e. The first kappa shape index (κ1) is 11.0. The van der Waals surface area contributed by atoms with Crippen molar-refractivity contribution in [2.75, 3.05) is 6.67 Å². The maximum atomic E-state index is 8.13. The smallest absolute Gasteiger partial charge is 0.144 e. The van der Waals surface area contributed by atoms with E-state index in [1.165, 1.54) is 5.56 Å². The fourth-order valence-electron chi connectivity index (χ4n) is 2.01. The molecule has 0 aliphatic carbocycles. The van der Waals surface area contributed by atoms with E-state index in [0.717, 1.165) is 18.8 Å². The van der Waals surface area contributed by atoms with E-state index in [4.69, 9.17) is 5.41 Å². The summed E-state index contributed by atoms with van der Waals surface area (Å²) in [5.41, 5.74) is 2.24. The van der Waals surface area contributed by atoms with Crippen molar-refractivity contribution in [2.24, 2.45) is 0 Å². The van der Waals surface area contributed by atoms with Gasteiger partial charge in [-0.25, -0.2) is 0 Å². The molecule has 0 aromatic heterocycles. The number of hydrogen-bond acceptors (Lipinski definition) is 2. The number of hydrogen-bond donors (Lipinski definition) is 1. The van der Waals surface area contributed by atoms with Crippen molar-refractivity contribution in [3.8, 4) is 0 Å². The lowest BCUT2D eigenvalue weighted by Crippen LogP contribution is -2.16. The SMILES string of the molecule is N=C(c1ccccc1)N1C[N@@]1Cc1ccccc1. The Bertz CT molecular complexity index is 536. The number of rotatable bonds is 3. The van der Waals surface area contributed by atoms with Gasteiger partial charge in [0.05, 0.1) is 0 Å². The maximum Gasteiger partial charge on any atom is 0.144 e. The van der Waals surface area contributed by atoms with Crippen molar-refractivity contribution in [1.29, 1.82) is 5.41 Å². The molecule has 3 heteroatoms. The van der Waals surface area contributed by atoms with Gasteiger partial charge in [0, 0.05) is 12.1 Å². The van der Waals surface area contributed by atoms with E-state index in [2.05, 4.69) is 17.1 Å². The summed E-state index contributed by atoms with van der Waals surface area (Å²) in [4.78, 5) is 0. The standard InChI is InChI=1S/C15H15N3/c16-15(14-9-5-2-6-10-14)18-12-17(18)11-13-7-3-1-4-8-13/h1-10,16H,11-12H2/t17-,18?/m1/s1. The molecule has 1 N–H and O–H groups in total. The summed E-state index contributed by atoms with van der Waals surface area (Å²) in [6.07, 6.45) is 0. The monoisotopic (exact) mass is 237 g/mol. The van der Waals surface area contributed by atoms with E-state index in [-0.39, 0.29) is 0 Å². The molecule has 0 radical (unpaired) electrons. The third-order valence-electron chi connectivity index (χ3n) is 3.07. The Kier molecular flexibility index (Phi) is 2.82. The molecule has 1 aliphatic heterocycles. The van der Waals surface area contributed by atoms with Gasteiger partial charge in [0.25, 0.3) is 0 Å². The van der Waals surface area contributed by atoms with Gasteiger partial charge in [0.2, 0.25) is 0 Å². The molecule has 1 heterocycles. The topological polar surface area (TPSA) is 29.9 Å². The summed E-state index contributed by atoms with van der Waals surface area (Å²) in [6, 6.07) is 20.2. The Labute approximate surface area is 107 Å². The van der Waals surface area contributed by atoms with Gasteiger partial charge < -0.3 is 0 Å². The highest BCUT2D eigenvalue weighted by molar-refractivity contribution is 5.96. The van der Waals surface area contributed by atoms with E-state index in [9.17, 15) is 0 Å². The largest absolute Gasteiger partial charge is 0.283 e. The van der Waals surface area contributed by atoms with Gasteiger partial charge >= 0.3 is 0 Å². The predicted octanol–water partition coefficient (Wildman–Crippen LogP) is 2.70. The summed E-state index contributed by atoms with van der Waals surface area (Å²) >= 11 is 0. The predicted molar refractivity (Wildman–Crippen MR) is 72.0 cm³/mol. The van der Waals surface area contributed by atoms with Gasteiger partial charge in [-0.05, 0) is 5.56 Å². The molecule has 0 amide bonds. The van der Waals surface area contributed by atoms with Gasteiger partial charge in [-0.2, -0.15) is 5.01 Å². The van der Waals surface area contributed by atoms with Crippen molar-refractivity contribution < 1.29 is 0 Å². The minimum absolute atomic E-state index is 0.575. The number of nitrogens with one attached hydrogen (secondary N) is 1. The van der Waals surface area contributed by atoms with Crippen LogP contribution in [0, 0.1) is 5.41 Å². The molecule has 3 rings (SSSR count). The van der Waals surface area contributed by atoms with Crippen LogP contribution in [0.2, 0.25) is 0 Å². The van der Waals surface area contributed by atoms with Gasteiger partial charge in [-0.3, -0.25) is 10.4 Å². The van der Waals surface area contributed by atoms with Crippen LogP contribution < -0.4 is 0 Å². The molecule has 1 fully saturated rings. The minimum atomic E-state index is 0.575. The lowest BCUT2D eigenvalue weighted by molar-refractivity contribution is 0.396. The average Bonchev–Trinajstić information content (AvgIpc) is 3.19. The van der Waals surface area contributed by atoms with Crippen LogP contribution in [-0.2, 0) is 6.54 Å². The van der Waals surface area contributed by atoms with Gasteiger partial charge in [0.1, 0.15) is 12.5 Å². The first-order chi connectivity index (χ1) is 8.84. The number of hydrazine groups is 1. The first-order valence-electron chi connectivity index (χ1n) is 6.05. The first-order valence-corrected chi connectivity index (χ1v) is 6.05. The van der Waals surface area contributed by atoms with Crippen LogP contribution in [0.5, 0.6) is 0 Å². The molecule has 2 aromatic carbocycles. The molecule has 0 spiro atoms. The summed E-state index contributed by atoms with van der Waals surface area (Å²) in [6.45, 7) is 1.71. The van der Waals surface area contributed by atoms with E-state index in [0.29, 0.717) is 5.84 Å². The van der Waals surface area contributed by atoms with Crippen LogP contribution >= 0.6 is 0 Å². The highest BCUT2D eigenvalue weighted by Crippen LogP contribution is 2.22. The third kappa shape index (κ3) is 2.26. The van der Waals surface area contributed by atoms with Crippen molar-refractivity contribution in [3.63, 3.8) is 0 Å². The zero-order valence-electron chi connectivity index (χ0n) is 10.1. The normalized spacial score (nSPS) is 17.6. The van der Waals surface area contributed by atoms with Gasteiger partial charge in [-0.1, -0.05) is 60.7 Å². The maximum absolute atomic E-state index is 8.13. The molecule has 0 saturated carbocycles. The summed E-state index contributed by atoms with van der Waals surface area (Å²) in [5.74, 6) is 0.575. The Hall–Kier alpha value is -2.13. The molecule has 18 heavy (non-hydrogen) atoms. The van der Waals surface area contributed by atoms with E-state index < -0.39 is 0 Å². The fraction of sp³-hybridized carbons (Fsp3) is 0.133. The third-order valence-corrected chi connectivity index (χ3v) is 3.07. The van der Waals surface area contributed by atoms with Gasteiger partial charge in [-0.15, -0.1) is 0 Å². The van der Waals surface area contributed by atoms with Crippen LogP contribution in [0.1, 0.15) is 11.1 Å². The number of nitrogens with zero attached hydrogens (tertiary/aromatic N) is 2. The number of benzene rings is 2. The molecule has 1 atom stereocenters. The summed E-state index contributed by atoms with van der Waals surface area (Å²) < 4.78 is 0. The van der Waals surface area contributed by atoms with Crippen LogP contribution in [0.4, 0.5) is 0 Å². The second kappa shape index (κ2) is 4.63. The highest BCUT2D eigenvalue weighted by Gasteiger charge is 2.33. The molecule has 1 aliphatic rings. The van der Waals surface area contributed by atoms with Crippen LogP contribution in [-0.4, -0.2) is 22.5 Å². The van der Waals surface area contributed by atoms with Crippen molar-refractivity contribution in [1.82, 2.24) is 10.0 Å². The second-order valence-electron chi connectivity index (χ2n) is 4.41. The Morgan fingerprint density at radius 1 is 0.944 bits per heavy atom. The van der Waals surface area contributed by atoms with Gasteiger partial charge in [0.15, 0.2) is 0 Å². The Morgan fingerprint density at radius 3 is 2.22 bits per heavy atom. The number of amidine groups is 1. The van der Waals surface area contributed by atoms with Crippen LogP contribution in [0.3, 0.4) is 0 Å². The quantitative estimate of drug-likeness (QED) is 0.505. The van der Waals surface area contributed by atoms with E-state index in [1.54, 1.807) is 0 Å². The molecular weight excluding hydrogens is 222 g/mol. The summed E-state index contributed by atoms with van der Waals surface area (Å²) in [7, 11) is 0. The average molecular weight is 237 g/mol. The van der Waals surface area contributed by atoms with E-state index >= 15 is 0 Å². The lowest BCUT2D eigenvalue weighted by Gasteiger charge is -2.08. The zero-order valence-corrected chi connectivity index (χ0v) is 10.1. The highest BCUT2D eigenvalue weighted by atomic mass is 15.8. The lowest BCUT2D eigenvalue weighted by atomic mass is 10.2. The van der Waals surface area contributed by atoms with Crippen molar-refractivity contribution in [2.45, 2.75) is 6.54 Å². The van der Waals surface area contributed by atoms with Crippen molar-refractivity contribution in [3.05, 3.63) is 71.8 Å². The summed E-state index contributed by atoms with van der Waals surface area (Å²) in [5, 5.41) is 12.3. The molecule has 3 nitrogen and oxygen atoms in total. The second-order valence-corrected chi connectivity index (χ2v) is 4.41. The van der Waals surface area contributed by atoms with Crippen LogP contribution in [0.15, 0.2) is 60.7 Å². The zero-order chi connectivity index (χ0) is 12.4. The molecule has 2 aromatic rings. The molecule has 90 valence electrons. The molecule has 0 unspecified atom stereocenters. The molecule has 1 saturated heterocycles. The molecular formula is C15H15N3. The Morgan fingerprint density at radius 2 is 1.56 bits per heavy atom. The van der Waals surface area contributed by atoms with Crippen molar-refractivity contribution >= 4 is 5.84 Å². The Balaban J connectivity index is 1.63.